The molecule has 0 spiro atoms. The smallest absolute Gasteiger partial charge is 0.338 e. The van der Waals surface area contributed by atoms with Gasteiger partial charge in [0.25, 0.3) is 0 Å². The van der Waals surface area contributed by atoms with E-state index in [9.17, 15) is 4.79 Å². The zero-order chi connectivity index (χ0) is 12.1. The van der Waals surface area contributed by atoms with Crippen molar-refractivity contribution in [1.29, 1.82) is 0 Å². The molecule has 0 heterocycles. The monoisotopic (exact) mass is 226 g/mol. The maximum absolute atomic E-state index is 11.0. The van der Waals surface area contributed by atoms with Crippen LogP contribution in [0.3, 0.4) is 0 Å². The third-order valence-corrected chi connectivity index (χ3v) is 7.62. The van der Waals surface area contributed by atoms with Gasteiger partial charge in [0.15, 0.2) is 0 Å². The van der Waals surface area contributed by atoms with E-state index in [0.717, 1.165) is 0 Å². The Kier molecular flexibility index (Phi) is 5.05. The van der Waals surface area contributed by atoms with E-state index in [1.54, 1.807) is 6.92 Å². The molecule has 0 amide bonds. The van der Waals surface area contributed by atoms with Crippen molar-refractivity contribution in [3.63, 3.8) is 0 Å². The first kappa shape index (κ1) is 14.2. The molecular weight excluding hydrogens is 204 g/mol. The van der Waals surface area contributed by atoms with E-state index in [1.807, 2.05) is 0 Å². The average Bonchev–Trinajstić information content (AvgIpc) is 2.01. The molecule has 0 aromatic heterocycles. The van der Waals surface area contributed by atoms with E-state index >= 15 is 0 Å². The SMILES string of the molecule is CCOC(=O)C=C=C[Si](C)(C)C(C)(C)C. The first-order valence-electron chi connectivity index (χ1n) is 5.31. The Hall–Kier alpha value is -0.793. The van der Waals surface area contributed by atoms with E-state index in [4.69, 9.17) is 4.74 Å². The minimum Gasteiger partial charge on any atom is -0.462 e. The predicted molar refractivity (Wildman–Crippen MR) is 66.5 cm³/mol. The van der Waals surface area contributed by atoms with Crippen molar-refractivity contribution < 1.29 is 9.53 Å². The molecule has 0 atom stereocenters. The highest BCUT2D eigenvalue weighted by Gasteiger charge is 2.32. The second-order valence-electron chi connectivity index (χ2n) is 5.18. The standard InChI is InChI=1S/C12H22O2Si/c1-7-14-11(13)9-8-10-15(5,6)12(2,3)4/h9-10H,7H2,1-6H3. The number of esters is 1. The van der Waals surface area contributed by atoms with Crippen LogP contribution in [0.2, 0.25) is 18.1 Å². The summed E-state index contributed by atoms with van der Waals surface area (Å²) in [5.41, 5.74) is 5.01. The molecule has 2 nitrogen and oxygen atoms in total. The zero-order valence-electron chi connectivity index (χ0n) is 10.7. The quantitative estimate of drug-likeness (QED) is 0.319. The highest BCUT2D eigenvalue weighted by Crippen LogP contribution is 2.36. The zero-order valence-corrected chi connectivity index (χ0v) is 11.7. The van der Waals surface area contributed by atoms with Crippen LogP contribution in [-0.4, -0.2) is 20.7 Å². The van der Waals surface area contributed by atoms with Gasteiger partial charge >= 0.3 is 5.97 Å². The molecule has 3 heteroatoms. The maximum Gasteiger partial charge on any atom is 0.338 e. The predicted octanol–water partition coefficient (Wildman–Crippen LogP) is 3.31. The molecule has 0 aliphatic heterocycles. The first-order chi connectivity index (χ1) is 6.70. The largest absolute Gasteiger partial charge is 0.462 e. The van der Waals surface area contributed by atoms with Crippen molar-refractivity contribution in [3.8, 4) is 0 Å². The molecule has 0 saturated heterocycles. The van der Waals surface area contributed by atoms with Crippen LogP contribution in [0, 0.1) is 0 Å². The van der Waals surface area contributed by atoms with Crippen molar-refractivity contribution in [2.24, 2.45) is 0 Å². The number of hydrogen-bond acceptors (Lipinski definition) is 2. The molecule has 0 rings (SSSR count). The molecule has 0 saturated carbocycles. The Morgan fingerprint density at radius 3 is 2.33 bits per heavy atom. The minimum absolute atomic E-state index is 0.280. The van der Waals surface area contributed by atoms with Gasteiger partial charge < -0.3 is 4.74 Å². The van der Waals surface area contributed by atoms with E-state index in [2.05, 4.69) is 45.3 Å². The van der Waals surface area contributed by atoms with Gasteiger partial charge in [0.1, 0.15) is 0 Å². The van der Waals surface area contributed by atoms with Crippen LogP contribution in [0.5, 0.6) is 0 Å². The Morgan fingerprint density at radius 2 is 1.93 bits per heavy atom. The van der Waals surface area contributed by atoms with Gasteiger partial charge in [0, 0.05) is 0 Å². The van der Waals surface area contributed by atoms with Crippen molar-refractivity contribution in [2.75, 3.05) is 6.61 Å². The molecular formula is C12H22O2Si. The van der Waals surface area contributed by atoms with Crippen molar-refractivity contribution >= 4 is 14.0 Å². The van der Waals surface area contributed by atoms with Crippen LogP contribution in [0.4, 0.5) is 0 Å². The Labute approximate surface area is 94.0 Å². The third kappa shape index (κ3) is 5.00. The van der Waals surface area contributed by atoms with Crippen LogP contribution >= 0.6 is 0 Å². The normalized spacial score (nSPS) is 11.6. The van der Waals surface area contributed by atoms with Crippen LogP contribution in [0.1, 0.15) is 27.7 Å². The van der Waals surface area contributed by atoms with E-state index < -0.39 is 8.07 Å². The van der Waals surface area contributed by atoms with Gasteiger partial charge in [-0.1, -0.05) is 39.6 Å². The summed E-state index contributed by atoms with van der Waals surface area (Å²) in [7, 11) is -1.47. The van der Waals surface area contributed by atoms with Gasteiger partial charge in [0.05, 0.1) is 20.8 Å². The lowest BCUT2D eigenvalue weighted by Gasteiger charge is -2.33. The topological polar surface area (TPSA) is 26.3 Å². The first-order valence-corrected chi connectivity index (χ1v) is 8.39. The summed E-state index contributed by atoms with van der Waals surface area (Å²) in [6.45, 7) is 13.4. The second-order valence-corrected chi connectivity index (χ2v) is 10.4. The molecule has 0 aromatic carbocycles. The molecule has 0 unspecified atom stereocenters. The lowest BCUT2D eigenvalue weighted by molar-refractivity contribution is -0.137. The van der Waals surface area contributed by atoms with Gasteiger partial charge in [-0.15, -0.1) is 5.73 Å². The molecule has 0 aliphatic carbocycles. The Balaban J connectivity index is 4.59. The number of carbonyl (C=O) groups excluding carboxylic acids is 1. The Morgan fingerprint density at radius 1 is 1.40 bits per heavy atom. The average molecular weight is 226 g/mol. The summed E-state index contributed by atoms with van der Waals surface area (Å²) in [5.74, 6) is -0.313. The summed E-state index contributed by atoms with van der Waals surface area (Å²) >= 11 is 0. The second kappa shape index (κ2) is 5.33. The Bertz CT molecular complexity index is 278. The highest BCUT2D eigenvalue weighted by atomic mass is 28.3. The highest BCUT2D eigenvalue weighted by molar-refractivity contribution is 6.84. The van der Waals surface area contributed by atoms with Crippen LogP contribution in [0.15, 0.2) is 17.5 Å². The summed E-state index contributed by atoms with van der Waals surface area (Å²) in [6.07, 6.45) is 1.38. The molecule has 0 radical (unpaired) electrons. The van der Waals surface area contributed by atoms with Crippen LogP contribution < -0.4 is 0 Å². The fourth-order valence-electron chi connectivity index (χ4n) is 0.718. The number of carbonyl (C=O) groups is 1. The fraction of sp³-hybridized carbons (Fsp3) is 0.667. The number of rotatable bonds is 3. The van der Waals surface area contributed by atoms with Gasteiger partial charge in [-0.05, 0) is 12.0 Å². The fourth-order valence-corrected chi connectivity index (χ4v) is 1.65. The van der Waals surface area contributed by atoms with Gasteiger partial charge in [0.2, 0.25) is 0 Å². The van der Waals surface area contributed by atoms with Gasteiger partial charge in [-0.2, -0.15) is 0 Å². The van der Waals surface area contributed by atoms with Crippen molar-refractivity contribution in [1.82, 2.24) is 0 Å². The van der Waals surface area contributed by atoms with E-state index in [0.29, 0.717) is 6.61 Å². The molecule has 0 fully saturated rings. The third-order valence-electron chi connectivity index (χ3n) is 2.86. The molecule has 0 aliphatic rings. The van der Waals surface area contributed by atoms with Crippen molar-refractivity contribution in [3.05, 3.63) is 17.5 Å². The molecule has 0 aromatic rings. The summed E-state index contributed by atoms with van der Waals surface area (Å²) < 4.78 is 4.78. The lowest BCUT2D eigenvalue weighted by atomic mass is 10.2. The summed E-state index contributed by atoms with van der Waals surface area (Å²) in [6, 6.07) is 0. The van der Waals surface area contributed by atoms with E-state index in [1.165, 1.54) is 6.08 Å². The molecule has 0 bridgehead atoms. The number of ether oxygens (including phenoxy) is 1. The van der Waals surface area contributed by atoms with Crippen LogP contribution in [0.25, 0.3) is 0 Å². The lowest BCUT2D eigenvalue weighted by Crippen LogP contribution is -2.34. The molecule has 0 N–H and O–H groups in total. The van der Waals surface area contributed by atoms with Gasteiger partial charge in [-0.3, -0.25) is 0 Å². The van der Waals surface area contributed by atoms with E-state index in [-0.39, 0.29) is 11.0 Å². The number of hydrogen-bond donors (Lipinski definition) is 0. The molecule has 15 heavy (non-hydrogen) atoms. The van der Waals surface area contributed by atoms with Crippen LogP contribution in [-0.2, 0) is 9.53 Å². The van der Waals surface area contributed by atoms with Crippen molar-refractivity contribution in [2.45, 2.75) is 45.8 Å². The van der Waals surface area contributed by atoms with Gasteiger partial charge in [-0.25, -0.2) is 4.79 Å². The minimum atomic E-state index is -1.47. The maximum atomic E-state index is 11.0. The summed E-state index contributed by atoms with van der Waals surface area (Å²) in [4.78, 5) is 11.0. The summed E-state index contributed by atoms with van der Waals surface area (Å²) in [5, 5.41) is 0.280. The molecule has 86 valence electrons.